The first-order chi connectivity index (χ1) is 7.55. The molecule has 0 bridgehead atoms. The van der Waals surface area contributed by atoms with Crippen LogP contribution in [0.3, 0.4) is 0 Å². The van der Waals surface area contributed by atoms with Gasteiger partial charge in [-0.15, -0.1) is 0 Å². The maximum atomic E-state index is 11.3. The second-order valence-electron chi connectivity index (χ2n) is 3.54. The number of benzene rings is 1. The number of hydrogen-bond donors (Lipinski definition) is 0. The molecule has 6 heteroatoms. The number of aryl methyl sites for hydroxylation is 1. The van der Waals surface area contributed by atoms with Crippen molar-refractivity contribution in [1.29, 1.82) is 0 Å². The summed E-state index contributed by atoms with van der Waals surface area (Å²) >= 11 is 0. The van der Waals surface area contributed by atoms with Crippen LogP contribution in [0.4, 0.5) is 0 Å². The minimum atomic E-state index is -3.98. The molecule has 1 aromatic rings. The van der Waals surface area contributed by atoms with Crippen LogP contribution in [0, 0.1) is 6.92 Å². The fourth-order valence-electron chi connectivity index (χ4n) is 1.06. The molecule has 0 aromatic heterocycles. The summed E-state index contributed by atoms with van der Waals surface area (Å²) in [5, 5.41) is 0. The lowest BCUT2D eigenvalue weighted by Crippen LogP contribution is -2.16. The van der Waals surface area contributed by atoms with E-state index < -0.39 is 10.4 Å². The van der Waals surface area contributed by atoms with Crippen LogP contribution in [-0.4, -0.2) is 27.7 Å². The molecular weight excluding hydrogens is 232 g/mol. The molecule has 2 rings (SSSR count). The second-order valence-corrected chi connectivity index (χ2v) is 4.76. The average Bonchev–Trinajstić information content (AvgIpc) is 3.02. The van der Waals surface area contributed by atoms with E-state index in [1.165, 1.54) is 0 Å². The predicted octanol–water partition coefficient (Wildman–Crippen LogP) is 1.03. The van der Waals surface area contributed by atoms with Gasteiger partial charge in [-0.2, -0.15) is 8.42 Å². The first-order valence-corrected chi connectivity index (χ1v) is 6.16. The van der Waals surface area contributed by atoms with Crippen molar-refractivity contribution in [2.75, 3.05) is 13.2 Å². The molecule has 1 aromatic carbocycles. The van der Waals surface area contributed by atoms with Gasteiger partial charge in [0, 0.05) is 0 Å². The molecule has 1 fully saturated rings. The third kappa shape index (κ3) is 3.48. The fraction of sp³-hybridized carbons (Fsp3) is 0.400. The second kappa shape index (κ2) is 4.40. The van der Waals surface area contributed by atoms with Crippen molar-refractivity contribution in [3.63, 3.8) is 0 Å². The van der Waals surface area contributed by atoms with Crippen LogP contribution in [0.25, 0.3) is 0 Å². The van der Waals surface area contributed by atoms with Crippen molar-refractivity contribution < 1.29 is 21.5 Å². The van der Waals surface area contributed by atoms with Crippen LogP contribution in [0.2, 0.25) is 0 Å². The average molecular weight is 244 g/mol. The van der Waals surface area contributed by atoms with Gasteiger partial charge >= 0.3 is 10.4 Å². The molecular formula is C10H12O5S. The van der Waals surface area contributed by atoms with Gasteiger partial charge < -0.3 is 8.92 Å². The van der Waals surface area contributed by atoms with Crippen molar-refractivity contribution >= 4 is 10.4 Å². The minimum Gasteiger partial charge on any atom is -0.371 e. The molecule has 88 valence electrons. The van der Waals surface area contributed by atoms with Gasteiger partial charge in [0.2, 0.25) is 0 Å². The highest BCUT2D eigenvalue weighted by Crippen LogP contribution is 2.16. The summed E-state index contributed by atoms with van der Waals surface area (Å²) in [7, 11) is -3.98. The number of rotatable bonds is 5. The Morgan fingerprint density at radius 2 is 2.00 bits per heavy atom. The molecule has 1 atom stereocenters. The van der Waals surface area contributed by atoms with Crippen molar-refractivity contribution in [2.45, 2.75) is 13.0 Å². The smallest absolute Gasteiger partial charge is 0.371 e. The molecule has 5 nitrogen and oxygen atoms in total. The van der Waals surface area contributed by atoms with Crippen LogP contribution in [-0.2, 0) is 19.3 Å². The van der Waals surface area contributed by atoms with Crippen LogP contribution >= 0.6 is 0 Å². The van der Waals surface area contributed by atoms with Crippen molar-refractivity contribution in [1.82, 2.24) is 0 Å². The van der Waals surface area contributed by atoms with E-state index in [-0.39, 0.29) is 18.5 Å². The molecule has 1 saturated heterocycles. The molecule has 16 heavy (non-hydrogen) atoms. The standard InChI is InChI=1S/C10H12O5S/c1-8-2-4-9(5-3-8)15-16(11,12)14-7-10-6-13-10/h2-5,10H,6-7H2,1H3. The van der Waals surface area contributed by atoms with Gasteiger partial charge in [0.15, 0.2) is 0 Å². The zero-order chi connectivity index (χ0) is 11.6. The first kappa shape index (κ1) is 11.4. The van der Waals surface area contributed by atoms with Crippen molar-refractivity contribution in [2.24, 2.45) is 0 Å². The maximum absolute atomic E-state index is 11.3. The van der Waals surface area contributed by atoms with Crippen LogP contribution in [0.5, 0.6) is 5.75 Å². The zero-order valence-corrected chi connectivity index (χ0v) is 9.57. The Balaban J connectivity index is 1.93. The van der Waals surface area contributed by atoms with E-state index in [9.17, 15) is 8.42 Å². The lowest BCUT2D eigenvalue weighted by atomic mass is 10.2. The minimum absolute atomic E-state index is 0.00813. The van der Waals surface area contributed by atoms with E-state index in [0.29, 0.717) is 6.61 Å². The Morgan fingerprint density at radius 3 is 2.56 bits per heavy atom. The third-order valence-electron chi connectivity index (χ3n) is 2.02. The van der Waals surface area contributed by atoms with Crippen LogP contribution in [0.15, 0.2) is 24.3 Å². The Kier molecular flexibility index (Phi) is 3.13. The molecule has 0 saturated carbocycles. The van der Waals surface area contributed by atoms with Gasteiger partial charge in [-0.25, -0.2) is 4.18 Å². The van der Waals surface area contributed by atoms with Gasteiger partial charge in [-0.3, -0.25) is 0 Å². The number of hydrogen-bond acceptors (Lipinski definition) is 5. The Morgan fingerprint density at radius 1 is 1.38 bits per heavy atom. The Hall–Kier alpha value is -1.11. The Labute approximate surface area is 94.3 Å². The summed E-state index contributed by atoms with van der Waals surface area (Å²) in [6.07, 6.45) is -0.114. The quantitative estimate of drug-likeness (QED) is 0.724. The summed E-state index contributed by atoms with van der Waals surface area (Å²) in [5.74, 6) is 0.238. The molecule has 0 radical (unpaired) electrons. The van der Waals surface area contributed by atoms with E-state index in [4.69, 9.17) is 8.92 Å². The van der Waals surface area contributed by atoms with E-state index >= 15 is 0 Å². The summed E-state index contributed by atoms with van der Waals surface area (Å²) in [6, 6.07) is 6.66. The van der Waals surface area contributed by atoms with Crippen molar-refractivity contribution in [3.8, 4) is 5.75 Å². The molecule has 1 unspecified atom stereocenters. The van der Waals surface area contributed by atoms with E-state index in [1.54, 1.807) is 24.3 Å². The van der Waals surface area contributed by atoms with E-state index in [0.717, 1.165) is 5.56 Å². The predicted molar refractivity (Wildman–Crippen MR) is 56.4 cm³/mol. The molecule has 1 heterocycles. The first-order valence-electron chi connectivity index (χ1n) is 4.82. The largest absolute Gasteiger partial charge is 0.449 e. The highest BCUT2D eigenvalue weighted by molar-refractivity contribution is 7.82. The topological polar surface area (TPSA) is 65.1 Å². The molecule has 0 amide bonds. The van der Waals surface area contributed by atoms with Crippen LogP contribution < -0.4 is 4.18 Å². The summed E-state index contributed by atoms with van der Waals surface area (Å²) in [5.41, 5.74) is 1.03. The van der Waals surface area contributed by atoms with E-state index in [2.05, 4.69) is 4.18 Å². The third-order valence-corrected chi connectivity index (χ3v) is 2.84. The monoisotopic (exact) mass is 244 g/mol. The van der Waals surface area contributed by atoms with Gasteiger partial charge in [0.1, 0.15) is 11.9 Å². The van der Waals surface area contributed by atoms with Gasteiger partial charge in [-0.05, 0) is 19.1 Å². The van der Waals surface area contributed by atoms with Crippen molar-refractivity contribution in [3.05, 3.63) is 29.8 Å². The molecule has 0 spiro atoms. The van der Waals surface area contributed by atoms with Gasteiger partial charge in [0.25, 0.3) is 0 Å². The molecule has 0 N–H and O–H groups in total. The molecule has 1 aliphatic heterocycles. The summed E-state index contributed by atoms with van der Waals surface area (Å²) < 4.78 is 36.8. The van der Waals surface area contributed by atoms with Gasteiger partial charge in [0.05, 0.1) is 13.2 Å². The van der Waals surface area contributed by atoms with Crippen LogP contribution in [0.1, 0.15) is 5.56 Å². The Bertz CT molecular complexity index is 447. The highest BCUT2D eigenvalue weighted by Gasteiger charge is 2.26. The zero-order valence-electron chi connectivity index (χ0n) is 8.75. The number of ether oxygens (including phenoxy) is 1. The fourth-order valence-corrected chi connectivity index (χ4v) is 1.77. The maximum Gasteiger partial charge on any atom is 0.449 e. The summed E-state index contributed by atoms with van der Waals surface area (Å²) in [4.78, 5) is 0. The SMILES string of the molecule is Cc1ccc(OS(=O)(=O)OCC2CO2)cc1. The highest BCUT2D eigenvalue weighted by atomic mass is 32.3. The normalized spacial score (nSPS) is 19.4. The molecule has 0 aliphatic carbocycles. The number of epoxide rings is 1. The lowest BCUT2D eigenvalue weighted by molar-refractivity contribution is 0.239. The lowest BCUT2D eigenvalue weighted by Gasteiger charge is -2.05. The molecule has 1 aliphatic rings. The van der Waals surface area contributed by atoms with Gasteiger partial charge in [-0.1, -0.05) is 17.7 Å². The summed E-state index contributed by atoms with van der Waals surface area (Å²) in [6.45, 7) is 2.45. The van der Waals surface area contributed by atoms with E-state index in [1.807, 2.05) is 6.92 Å².